The van der Waals surface area contributed by atoms with Gasteiger partial charge in [-0.25, -0.2) is 13.1 Å². The lowest BCUT2D eigenvalue weighted by molar-refractivity contribution is -0.275. The van der Waals surface area contributed by atoms with Crippen molar-refractivity contribution >= 4 is 15.7 Å². The molecule has 2 aromatic carbocycles. The summed E-state index contributed by atoms with van der Waals surface area (Å²) in [6.45, 7) is 0. The van der Waals surface area contributed by atoms with Gasteiger partial charge in [0, 0.05) is 11.9 Å². The first-order chi connectivity index (χ1) is 13.9. The molecule has 0 aliphatic carbocycles. The van der Waals surface area contributed by atoms with Crippen LogP contribution in [0.3, 0.4) is 0 Å². The minimum absolute atomic E-state index is 0.0382. The molecule has 0 bridgehead atoms. The fourth-order valence-electron chi connectivity index (χ4n) is 2.39. The van der Waals surface area contributed by atoms with Crippen molar-refractivity contribution < 1.29 is 39.5 Å². The average Bonchev–Trinajstić information content (AvgIpc) is 3.11. The van der Waals surface area contributed by atoms with Crippen LogP contribution >= 0.6 is 0 Å². The Hall–Kier alpha value is -3.22. The Morgan fingerprint density at radius 3 is 2.10 bits per heavy atom. The standard InChI is InChI=1S/C17H11F6N3O3S/c18-16(19,20)15-9-10-26(24-15)12-7-5-11(6-8-12)25-30(27,28)14-4-2-1-3-13(14)29-17(21,22)23/h1-10,25H. The van der Waals surface area contributed by atoms with Crippen LogP contribution in [0.25, 0.3) is 5.69 Å². The summed E-state index contributed by atoms with van der Waals surface area (Å²) in [5, 5.41) is 3.38. The van der Waals surface area contributed by atoms with Crippen LogP contribution in [0.5, 0.6) is 5.75 Å². The third kappa shape index (κ3) is 5.03. The van der Waals surface area contributed by atoms with Gasteiger partial charge in [-0.1, -0.05) is 12.1 Å². The highest BCUT2D eigenvalue weighted by atomic mass is 32.2. The molecule has 0 saturated heterocycles. The first-order valence-electron chi connectivity index (χ1n) is 7.96. The monoisotopic (exact) mass is 451 g/mol. The molecule has 0 unspecified atom stereocenters. The number of nitrogens with zero attached hydrogens (tertiary/aromatic N) is 2. The van der Waals surface area contributed by atoms with Crippen molar-refractivity contribution in [3.05, 3.63) is 66.5 Å². The van der Waals surface area contributed by atoms with Gasteiger partial charge in [0.05, 0.1) is 5.69 Å². The lowest BCUT2D eigenvalue weighted by atomic mass is 10.3. The van der Waals surface area contributed by atoms with Gasteiger partial charge in [-0.3, -0.25) is 4.72 Å². The number of hydrogen-bond donors (Lipinski definition) is 1. The van der Waals surface area contributed by atoms with E-state index in [2.05, 4.69) is 14.6 Å². The molecule has 0 amide bonds. The number of hydrogen-bond acceptors (Lipinski definition) is 4. The molecular weight excluding hydrogens is 440 g/mol. The molecule has 0 fully saturated rings. The van der Waals surface area contributed by atoms with Gasteiger partial charge in [-0.15, -0.1) is 13.2 Å². The topological polar surface area (TPSA) is 73.2 Å². The van der Waals surface area contributed by atoms with Gasteiger partial charge in [0.2, 0.25) is 0 Å². The molecule has 1 N–H and O–H groups in total. The van der Waals surface area contributed by atoms with Gasteiger partial charge >= 0.3 is 12.5 Å². The van der Waals surface area contributed by atoms with Crippen LogP contribution in [0.4, 0.5) is 32.0 Å². The summed E-state index contributed by atoms with van der Waals surface area (Å²) in [6.07, 6.45) is -8.63. The number of nitrogens with one attached hydrogen (secondary N) is 1. The van der Waals surface area contributed by atoms with Crippen LogP contribution in [0.2, 0.25) is 0 Å². The zero-order chi connectivity index (χ0) is 22.2. The van der Waals surface area contributed by atoms with Crippen molar-refractivity contribution in [3.8, 4) is 11.4 Å². The van der Waals surface area contributed by atoms with E-state index in [-0.39, 0.29) is 11.4 Å². The number of sulfonamides is 1. The van der Waals surface area contributed by atoms with Crippen LogP contribution in [-0.2, 0) is 16.2 Å². The number of halogens is 6. The molecule has 30 heavy (non-hydrogen) atoms. The van der Waals surface area contributed by atoms with Gasteiger partial charge in [0.25, 0.3) is 10.0 Å². The third-order valence-electron chi connectivity index (χ3n) is 3.63. The highest BCUT2D eigenvalue weighted by Crippen LogP contribution is 2.31. The molecule has 1 aromatic heterocycles. The number of ether oxygens (including phenoxy) is 1. The quantitative estimate of drug-likeness (QED) is 0.576. The number of benzene rings is 2. The summed E-state index contributed by atoms with van der Waals surface area (Å²) in [5.74, 6) is -0.912. The fourth-order valence-corrected chi connectivity index (χ4v) is 3.58. The largest absolute Gasteiger partial charge is 0.573 e. The second-order valence-corrected chi connectivity index (χ2v) is 7.44. The van der Waals surface area contributed by atoms with Crippen LogP contribution in [0.15, 0.2) is 65.7 Å². The van der Waals surface area contributed by atoms with Crippen molar-refractivity contribution in [2.75, 3.05) is 4.72 Å². The maximum Gasteiger partial charge on any atom is 0.573 e. The van der Waals surface area contributed by atoms with E-state index in [4.69, 9.17) is 0 Å². The first-order valence-corrected chi connectivity index (χ1v) is 9.44. The van der Waals surface area contributed by atoms with Gasteiger partial charge in [-0.05, 0) is 42.5 Å². The Morgan fingerprint density at radius 1 is 0.900 bits per heavy atom. The smallest absolute Gasteiger partial charge is 0.404 e. The predicted molar refractivity (Wildman–Crippen MR) is 92.5 cm³/mol. The maximum absolute atomic E-state index is 12.6. The number of para-hydroxylation sites is 1. The van der Waals surface area contributed by atoms with Crippen molar-refractivity contribution in [2.24, 2.45) is 0 Å². The molecule has 0 saturated carbocycles. The van der Waals surface area contributed by atoms with Crippen LogP contribution in [0, 0.1) is 0 Å². The van der Waals surface area contributed by atoms with Crippen LogP contribution in [0.1, 0.15) is 5.69 Å². The Bertz CT molecular complexity index is 1140. The number of rotatable bonds is 5. The van der Waals surface area contributed by atoms with E-state index in [1.807, 2.05) is 0 Å². The van der Waals surface area contributed by atoms with Crippen molar-refractivity contribution in [2.45, 2.75) is 17.4 Å². The van der Waals surface area contributed by atoms with Crippen molar-refractivity contribution in [1.82, 2.24) is 9.78 Å². The lowest BCUT2D eigenvalue weighted by Gasteiger charge is -2.14. The van der Waals surface area contributed by atoms with Crippen LogP contribution in [-0.4, -0.2) is 24.6 Å². The Morgan fingerprint density at radius 2 is 1.53 bits per heavy atom. The van der Waals surface area contributed by atoms with E-state index in [1.54, 1.807) is 0 Å². The van der Waals surface area contributed by atoms with E-state index in [0.717, 1.165) is 29.1 Å². The molecule has 0 atom stereocenters. The van der Waals surface area contributed by atoms with Crippen molar-refractivity contribution in [1.29, 1.82) is 0 Å². The van der Waals surface area contributed by atoms with E-state index >= 15 is 0 Å². The summed E-state index contributed by atoms with van der Waals surface area (Å²) >= 11 is 0. The highest BCUT2D eigenvalue weighted by molar-refractivity contribution is 7.92. The highest BCUT2D eigenvalue weighted by Gasteiger charge is 2.34. The Labute approximate surface area is 165 Å². The Kier molecular flexibility index (Phi) is 5.41. The van der Waals surface area contributed by atoms with E-state index in [9.17, 15) is 34.8 Å². The summed E-state index contributed by atoms with van der Waals surface area (Å²) in [6, 6.07) is 9.94. The lowest BCUT2D eigenvalue weighted by Crippen LogP contribution is -2.20. The molecule has 0 spiro atoms. The van der Waals surface area contributed by atoms with Crippen molar-refractivity contribution in [3.63, 3.8) is 0 Å². The summed E-state index contributed by atoms with van der Waals surface area (Å²) in [5.41, 5.74) is -0.938. The zero-order valence-electron chi connectivity index (χ0n) is 14.6. The maximum atomic E-state index is 12.6. The molecule has 6 nitrogen and oxygen atoms in total. The van der Waals surface area contributed by atoms with Gasteiger partial charge in [0.15, 0.2) is 5.69 Å². The van der Waals surface area contributed by atoms with E-state index in [0.29, 0.717) is 0 Å². The summed E-state index contributed by atoms with van der Waals surface area (Å²) in [4.78, 5) is -0.742. The minimum Gasteiger partial charge on any atom is -0.404 e. The van der Waals surface area contributed by atoms with Gasteiger partial charge in [-0.2, -0.15) is 18.3 Å². The molecule has 13 heteroatoms. The number of anilines is 1. The molecule has 160 valence electrons. The zero-order valence-corrected chi connectivity index (χ0v) is 15.4. The Balaban J connectivity index is 1.83. The second-order valence-electron chi connectivity index (χ2n) is 5.79. The molecule has 1 heterocycles. The minimum atomic E-state index is -5.09. The molecule has 3 rings (SSSR count). The number of aromatic nitrogens is 2. The van der Waals surface area contributed by atoms with Gasteiger partial charge in [0.1, 0.15) is 10.6 Å². The molecule has 3 aromatic rings. The molecular formula is C17H11F6N3O3S. The molecule has 0 aliphatic rings. The third-order valence-corrected chi connectivity index (χ3v) is 5.05. The molecule has 0 radical (unpaired) electrons. The first kappa shape index (κ1) is 21.5. The second kappa shape index (κ2) is 7.55. The van der Waals surface area contributed by atoms with Crippen LogP contribution < -0.4 is 9.46 Å². The SMILES string of the molecule is O=S(=O)(Nc1ccc(-n2ccc(C(F)(F)F)n2)cc1)c1ccccc1OC(F)(F)F. The van der Waals surface area contributed by atoms with E-state index in [1.165, 1.54) is 36.4 Å². The normalized spacial score (nSPS) is 12.6. The predicted octanol–water partition coefficient (Wildman–Crippen LogP) is 4.59. The summed E-state index contributed by atoms with van der Waals surface area (Å²) < 4.78 is 107. The molecule has 0 aliphatic heterocycles. The number of alkyl halides is 6. The fraction of sp³-hybridized carbons (Fsp3) is 0.118. The summed E-state index contributed by atoms with van der Waals surface area (Å²) in [7, 11) is -4.46. The van der Waals surface area contributed by atoms with Gasteiger partial charge < -0.3 is 4.74 Å². The average molecular weight is 451 g/mol. The van der Waals surface area contributed by atoms with E-state index < -0.39 is 38.9 Å².